The van der Waals surface area contributed by atoms with Crippen LogP contribution in [0.3, 0.4) is 0 Å². The van der Waals surface area contributed by atoms with Crippen LogP contribution >= 0.6 is 0 Å². The van der Waals surface area contributed by atoms with Gasteiger partial charge >= 0.3 is 11.2 Å². The minimum Gasteiger partial charge on any atom is -0.383 e. The van der Waals surface area contributed by atoms with Gasteiger partial charge in [-0.2, -0.15) is 0 Å². The molecule has 0 fully saturated rings. The second-order valence-corrected chi connectivity index (χ2v) is 2.37. The molecule has 0 amide bonds. The highest BCUT2D eigenvalue weighted by Gasteiger charge is 2.15. The number of hydrogen-bond acceptors (Lipinski definition) is 7. The van der Waals surface area contributed by atoms with E-state index < -0.39 is 22.8 Å². The van der Waals surface area contributed by atoms with E-state index in [9.17, 15) is 19.4 Å². The summed E-state index contributed by atoms with van der Waals surface area (Å²) in [6.45, 7) is 0. The third kappa shape index (κ3) is 1.11. The third-order valence-electron chi connectivity index (χ3n) is 1.64. The highest BCUT2D eigenvalue weighted by Crippen LogP contribution is 2.11. The van der Waals surface area contributed by atoms with Crippen molar-refractivity contribution in [3.05, 3.63) is 30.7 Å². The fourth-order valence-electron chi connectivity index (χ4n) is 0.859. The van der Waals surface area contributed by atoms with E-state index in [-0.39, 0.29) is 4.68 Å². The smallest absolute Gasteiger partial charge is 0.356 e. The maximum Gasteiger partial charge on any atom is 0.356 e. The summed E-state index contributed by atoms with van der Waals surface area (Å²) in [6.07, 6.45) is 0. The fourth-order valence-corrected chi connectivity index (χ4v) is 0.859. The number of aromatic nitrogens is 2. The van der Waals surface area contributed by atoms with Crippen molar-refractivity contribution in [2.24, 2.45) is 17.5 Å². The number of nitrogens with zero attached hydrogens (tertiary/aromatic N) is 4. The Kier molecular flexibility index (Phi) is 2.23. The summed E-state index contributed by atoms with van der Waals surface area (Å²) in [4.78, 5) is 42.5. The Balaban J connectivity index is 3.93. The Morgan fingerprint density at radius 1 is 1.29 bits per heavy atom. The van der Waals surface area contributed by atoms with Gasteiger partial charge in [-0.05, 0) is 5.18 Å². The quantitative estimate of drug-likeness (QED) is 0.614. The van der Waals surface area contributed by atoms with E-state index in [0.717, 1.165) is 4.57 Å². The molecule has 0 spiro atoms. The molecule has 0 aromatic carbocycles. The first kappa shape index (κ1) is 9.77. The van der Waals surface area contributed by atoms with Gasteiger partial charge in [-0.3, -0.25) is 9.36 Å². The van der Waals surface area contributed by atoms with Crippen molar-refractivity contribution in [1.29, 1.82) is 0 Å². The van der Waals surface area contributed by atoms with Crippen LogP contribution in [0, 0.1) is 9.81 Å². The van der Waals surface area contributed by atoms with Gasteiger partial charge in [-0.15, -0.1) is 14.5 Å². The van der Waals surface area contributed by atoms with Gasteiger partial charge in [0.15, 0.2) is 0 Å². The van der Waals surface area contributed by atoms with E-state index in [4.69, 9.17) is 5.73 Å². The topological polar surface area (TPSA) is 129 Å². The average molecular weight is 199 g/mol. The molecule has 0 unspecified atom stereocenters. The first-order valence-corrected chi connectivity index (χ1v) is 3.33. The standard InChI is InChI=1S/C5H5N5O4/c1-9-3(6)2(7-13)4(11)10(8-14)5(9)12/h6H2,1H3. The summed E-state index contributed by atoms with van der Waals surface area (Å²) < 4.78 is 0.687. The van der Waals surface area contributed by atoms with Crippen LogP contribution in [0.4, 0.5) is 11.5 Å². The molecule has 1 rings (SSSR count). The normalized spacial score (nSPS) is 9.79. The van der Waals surface area contributed by atoms with E-state index in [1.165, 1.54) is 7.05 Å². The van der Waals surface area contributed by atoms with Crippen molar-refractivity contribution in [2.75, 3.05) is 5.73 Å². The van der Waals surface area contributed by atoms with Crippen LogP contribution in [0.25, 0.3) is 0 Å². The van der Waals surface area contributed by atoms with E-state index in [2.05, 4.69) is 10.5 Å². The molecule has 0 aliphatic heterocycles. The average Bonchev–Trinajstić information content (AvgIpc) is 2.16. The van der Waals surface area contributed by atoms with Crippen molar-refractivity contribution >= 4 is 11.5 Å². The minimum absolute atomic E-state index is 0.0346. The summed E-state index contributed by atoms with van der Waals surface area (Å²) in [5, 5.41) is 4.46. The molecule has 0 saturated carbocycles. The van der Waals surface area contributed by atoms with Crippen LogP contribution in [-0.4, -0.2) is 9.24 Å². The molecule has 0 aliphatic rings. The van der Waals surface area contributed by atoms with Gasteiger partial charge in [0.1, 0.15) is 5.82 Å². The van der Waals surface area contributed by atoms with E-state index in [0.29, 0.717) is 0 Å². The van der Waals surface area contributed by atoms with Crippen molar-refractivity contribution in [3.8, 4) is 0 Å². The van der Waals surface area contributed by atoms with E-state index >= 15 is 0 Å². The highest BCUT2D eigenvalue weighted by molar-refractivity contribution is 5.55. The molecule has 9 nitrogen and oxygen atoms in total. The molecule has 0 bridgehead atoms. The Morgan fingerprint density at radius 3 is 2.29 bits per heavy atom. The predicted octanol–water partition coefficient (Wildman–Crippen LogP) is -0.943. The van der Waals surface area contributed by atoms with Gasteiger partial charge < -0.3 is 5.73 Å². The van der Waals surface area contributed by atoms with Gasteiger partial charge in [-0.1, -0.05) is 0 Å². The van der Waals surface area contributed by atoms with Gasteiger partial charge in [0.25, 0.3) is 0 Å². The van der Waals surface area contributed by atoms with Crippen molar-refractivity contribution in [1.82, 2.24) is 9.24 Å². The van der Waals surface area contributed by atoms with E-state index in [1.54, 1.807) is 0 Å². The Labute approximate surface area is 75.7 Å². The molecule has 14 heavy (non-hydrogen) atoms. The first-order valence-electron chi connectivity index (χ1n) is 3.33. The Bertz CT molecular complexity index is 512. The van der Waals surface area contributed by atoms with Crippen molar-refractivity contribution in [3.63, 3.8) is 0 Å². The van der Waals surface area contributed by atoms with Gasteiger partial charge in [0, 0.05) is 7.05 Å². The zero-order valence-electron chi connectivity index (χ0n) is 7.00. The first-order chi connectivity index (χ1) is 6.54. The predicted molar refractivity (Wildman–Crippen MR) is 47.0 cm³/mol. The van der Waals surface area contributed by atoms with E-state index in [1.807, 2.05) is 0 Å². The Morgan fingerprint density at radius 2 is 1.86 bits per heavy atom. The van der Waals surface area contributed by atoms with Crippen LogP contribution in [-0.2, 0) is 7.05 Å². The molecule has 0 radical (unpaired) electrons. The summed E-state index contributed by atoms with van der Waals surface area (Å²) in [6, 6.07) is 0. The second-order valence-electron chi connectivity index (χ2n) is 2.37. The molecular weight excluding hydrogens is 194 g/mol. The molecule has 2 N–H and O–H groups in total. The lowest BCUT2D eigenvalue weighted by atomic mass is 10.5. The maximum atomic E-state index is 11.1. The van der Waals surface area contributed by atoms with Gasteiger partial charge in [-0.25, -0.2) is 4.79 Å². The highest BCUT2D eigenvalue weighted by atomic mass is 16.3. The molecule has 74 valence electrons. The van der Waals surface area contributed by atoms with Crippen molar-refractivity contribution < 1.29 is 0 Å². The molecule has 0 atom stereocenters. The van der Waals surface area contributed by atoms with Crippen LogP contribution in [0.15, 0.2) is 20.1 Å². The number of rotatable bonds is 2. The van der Waals surface area contributed by atoms with Crippen LogP contribution < -0.4 is 17.0 Å². The number of anilines is 1. The van der Waals surface area contributed by atoms with Crippen LogP contribution in [0.2, 0.25) is 0 Å². The second kappa shape index (κ2) is 3.20. The number of nitrogens with two attached hydrogens (primary N) is 1. The molecular formula is C5H5N5O4. The number of hydrogen-bond donors (Lipinski definition) is 1. The minimum atomic E-state index is -1.23. The molecule has 0 saturated heterocycles. The van der Waals surface area contributed by atoms with Crippen LogP contribution in [0.1, 0.15) is 0 Å². The monoisotopic (exact) mass is 199 g/mol. The molecule has 0 aliphatic carbocycles. The molecule has 1 heterocycles. The SMILES string of the molecule is Cn1c(N)c(N=O)c(=O)n(N=O)c1=O. The maximum absolute atomic E-state index is 11.1. The lowest BCUT2D eigenvalue weighted by Gasteiger charge is -2.03. The number of nitrogen functional groups attached to an aromatic ring is 1. The third-order valence-corrected chi connectivity index (χ3v) is 1.64. The fraction of sp³-hybridized carbons (Fsp3) is 0.200. The van der Waals surface area contributed by atoms with Crippen molar-refractivity contribution in [2.45, 2.75) is 0 Å². The van der Waals surface area contributed by atoms with Gasteiger partial charge in [0.05, 0.1) is 5.29 Å². The summed E-state index contributed by atoms with van der Waals surface area (Å²) in [7, 11) is 1.17. The molecule has 1 aromatic heterocycles. The lowest BCUT2D eigenvalue weighted by Crippen LogP contribution is -2.37. The summed E-state index contributed by atoms with van der Waals surface area (Å²) >= 11 is 0. The lowest BCUT2D eigenvalue weighted by molar-refractivity contribution is 0.675. The zero-order valence-corrected chi connectivity index (χ0v) is 7.00. The molecule has 1 aromatic rings. The largest absolute Gasteiger partial charge is 0.383 e. The summed E-state index contributed by atoms with van der Waals surface area (Å²) in [5.41, 5.74) is 2.26. The summed E-state index contributed by atoms with van der Waals surface area (Å²) in [5.74, 6) is -0.407. The van der Waals surface area contributed by atoms with Crippen LogP contribution in [0.5, 0.6) is 0 Å². The zero-order chi connectivity index (χ0) is 10.9. The Hall–Kier alpha value is -2.32. The number of nitroso groups, excluding NO2 is 2. The van der Waals surface area contributed by atoms with Gasteiger partial charge in [0.2, 0.25) is 5.69 Å². The molecule has 9 heteroatoms.